The van der Waals surface area contributed by atoms with E-state index in [1.807, 2.05) is 0 Å². The highest BCUT2D eigenvalue weighted by atomic mass is 32.1. The Bertz CT molecular complexity index is 472. The monoisotopic (exact) mass is 266 g/mol. The minimum absolute atomic E-state index is 0.0198. The molecule has 0 saturated carbocycles. The Balaban J connectivity index is 2.77. The molecule has 0 saturated heterocycles. The number of nitrogens with zero attached hydrogens (tertiary/aromatic N) is 2. The second-order valence-corrected chi connectivity index (χ2v) is 4.07. The molecular formula is C11H14N4O2S. The largest absolute Gasteiger partial charge is 0.389 e. The lowest BCUT2D eigenvalue weighted by Crippen LogP contribution is -2.37. The molecular weight excluding hydrogens is 252 g/mol. The van der Waals surface area contributed by atoms with E-state index in [-0.39, 0.29) is 29.0 Å². The molecule has 0 spiro atoms. The third-order valence-corrected chi connectivity index (χ3v) is 2.51. The van der Waals surface area contributed by atoms with Crippen LogP contribution >= 0.6 is 12.2 Å². The lowest BCUT2D eigenvalue weighted by molar-refractivity contribution is -0.121. The molecule has 18 heavy (non-hydrogen) atoms. The van der Waals surface area contributed by atoms with E-state index in [1.54, 1.807) is 6.07 Å². The van der Waals surface area contributed by atoms with Crippen LogP contribution in [0.5, 0.6) is 0 Å². The molecule has 0 aliphatic carbocycles. The second-order valence-electron chi connectivity index (χ2n) is 3.63. The Hall–Kier alpha value is -2.02. The fraction of sp³-hybridized carbons (Fsp3) is 0.273. The van der Waals surface area contributed by atoms with E-state index in [9.17, 15) is 9.59 Å². The number of aromatic nitrogens is 1. The van der Waals surface area contributed by atoms with E-state index in [1.165, 1.54) is 31.3 Å². The number of likely N-dealkylation sites (N-methyl/N-ethyl adjacent to an activating group) is 2. The van der Waals surface area contributed by atoms with Gasteiger partial charge in [0.25, 0.3) is 5.91 Å². The molecule has 0 radical (unpaired) electrons. The van der Waals surface area contributed by atoms with Crippen molar-refractivity contribution in [3.05, 3.63) is 29.6 Å². The number of hydrogen-bond acceptors (Lipinski definition) is 4. The zero-order valence-electron chi connectivity index (χ0n) is 10.1. The summed E-state index contributed by atoms with van der Waals surface area (Å²) in [5, 5.41) is 2.44. The van der Waals surface area contributed by atoms with Gasteiger partial charge in [-0.15, -0.1) is 0 Å². The van der Waals surface area contributed by atoms with Crippen molar-refractivity contribution in [3.8, 4) is 0 Å². The van der Waals surface area contributed by atoms with Crippen LogP contribution in [-0.2, 0) is 4.79 Å². The van der Waals surface area contributed by atoms with E-state index in [0.717, 1.165) is 0 Å². The minimum Gasteiger partial charge on any atom is -0.389 e. The number of nitrogens with one attached hydrogen (secondary N) is 1. The third kappa shape index (κ3) is 3.49. The van der Waals surface area contributed by atoms with Gasteiger partial charge < -0.3 is 16.0 Å². The van der Waals surface area contributed by atoms with Crippen LogP contribution in [0, 0.1) is 0 Å². The molecule has 1 aromatic heterocycles. The van der Waals surface area contributed by atoms with Crippen molar-refractivity contribution < 1.29 is 9.59 Å². The number of thiocarbonyl (C=S) groups is 1. The average Bonchev–Trinajstić information content (AvgIpc) is 2.37. The van der Waals surface area contributed by atoms with Crippen molar-refractivity contribution in [1.82, 2.24) is 15.2 Å². The first-order valence-electron chi connectivity index (χ1n) is 5.17. The van der Waals surface area contributed by atoms with Crippen LogP contribution in [0.4, 0.5) is 0 Å². The quantitative estimate of drug-likeness (QED) is 0.720. The first-order chi connectivity index (χ1) is 8.45. The minimum atomic E-state index is -0.340. The van der Waals surface area contributed by atoms with Gasteiger partial charge in [0, 0.05) is 25.9 Å². The SMILES string of the molecule is CNC(=O)CN(C)C(=O)c1ccc(C(N)=S)cn1. The predicted molar refractivity (Wildman–Crippen MR) is 71.2 cm³/mol. The van der Waals surface area contributed by atoms with Crippen molar-refractivity contribution in [2.75, 3.05) is 20.6 Å². The molecule has 7 heteroatoms. The summed E-state index contributed by atoms with van der Waals surface area (Å²) < 4.78 is 0. The summed E-state index contributed by atoms with van der Waals surface area (Å²) in [6.45, 7) is -0.0198. The number of rotatable bonds is 4. The van der Waals surface area contributed by atoms with Gasteiger partial charge in [-0.1, -0.05) is 12.2 Å². The van der Waals surface area contributed by atoms with Crippen LogP contribution in [0.25, 0.3) is 0 Å². The van der Waals surface area contributed by atoms with E-state index in [0.29, 0.717) is 5.56 Å². The van der Waals surface area contributed by atoms with Gasteiger partial charge in [-0.3, -0.25) is 14.6 Å². The standard InChI is InChI=1S/C11H14N4O2S/c1-13-9(16)6-15(2)11(17)8-4-3-7(5-14-8)10(12)18/h3-5H,6H2,1-2H3,(H2,12,18)(H,13,16). The predicted octanol–water partition coefficient (Wildman–Crippen LogP) is -0.466. The summed E-state index contributed by atoms with van der Waals surface area (Å²) in [7, 11) is 3.04. The topological polar surface area (TPSA) is 88.3 Å². The normalized spacial score (nSPS) is 9.67. The molecule has 96 valence electrons. The van der Waals surface area contributed by atoms with Crippen LogP contribution in [0.3, 0.4) is 0 Å². The lowest BCUT2D eigenvalue weighted by Gasteiger charge is -2.15. The number of amides is 2. The summed E-state index contributed by atoms with van der Waals surface area (Å²) in [6, 6.07) is 3.15. The van der Waals surface area contributed by atoms with Crippen molar-refractivity contribution in [1.29, 1.82) is 0 Å². The number of hydrogen-bond donors (Lipinski definition) is 2. The highest BCUT2D eigenvalue weighted by Crippen LogP contribution is 2.03. The fourth-order valence-electron chi connectivity index (χ4n) is 1.23. The summed E-state index contributed by atoms with van der Waals surface area (Å²) >= 11 is 4.78. The number of nitrogens with two attached hydrogens (primary N) is 1. The maximum atomic E-state index is 11.9. The lowest BCUT2D eigenvalue weighted by atomic mass is 10.2. The van der Waals surface area contributed by atoms with Crippen LogP contribution < -0.4 is 11.1 Å². The van der Waals surface area contributed by atoms with Crippen LogP contribution in [0.2, 0.25) is 0 Å². The molecule has 0 atom stereocenters. The summed E-state index contributed by atoms with van der Waals surface area (Å²) in [5.41, 5.74) is 6.26. The van der Waals surface area contributed by atoms with Gasteiger partial charge in [-0.25, -0.2) is 0 Å². The van der Waals surface area contributed by atoms with E-state index in [4.69, 9.17) is 18.0 Å². The smallest absolute Gasteiger partial charge is 0.272 e. The molecule has 0 bridgehead atoms. The maximum absolute atomic E-state index is 11.9. The van der Waals surface area contributed by atoms with Crippen LogP contribution in [-0.4, -0.2) is 47.3 Å². The van der Waals surface area contributed by atoms with Gasteiger partial charge in [-0.2, -0.15) is 0 Å². The highest BCUT2D eigenvalue weighted by Gasteiger charge is 2.15. The molecule has 0 aliphatic heterocycles. The van der Waals surface area contributed by atoms with E-state index in [2.05, 4.69) is 10.3 Å². The molecule has 0 unspecified atom stereocenters. The van der Waals surface area contributed by atoms with E-state index < -0.39 is 0 Å². The summed E-state index contributed by atoms with van der Waals surface area (Å²) in [5.74, 6) is -0.585. The molecule has 1 aromatic rings. The molecule has 0 fully saturated rings. The average molecular weight is 266 g/mol. The van der Waals surface area contributed by atoms with Gasteiger partial charge >= 0.3 is 0 Å². The van der Waals surface area contributed by atoms with Gasteiger partial charge in [-0.05, 0) is 12.1 Å². The Kier molecular flexibility index (Phi) is 4.73. The van der Waals surface area contributed by atoms with Gasteiger partial charge in [0.15, 0.2) is 0 Å². The number of carbonyl (C=O) groups is 2. The molecule has 1 rings (SSSR count). The molecule has 0 aromatic carbocycles. The number of carbonyl (C=O) groups excluding carboxylic acids is 2. The Morgan fingerprint density at radius 1 is 1.50 bits per heavy atom. The third-order valence-electron chi connectivity index (χ3n) is 2.27. The molecule has 6 nitrogen and oxygen atoms in total. The van der Waals surface area contributed by atoms with Crippen molar-refractivity contribution in [2.45, 2.75) is 0 Å². The summed E-state index contributed by atoms with van der Waals surface area (Å²) in [4.78, 5) is 28.5. The molecule has 0 aliphatic rings. The van der Waals surface area contributed by atoms with Gasteiger partial charge in [0.2, 0.25) is 5.91 Å². The van der Waals surface area contributed by atoms with Gasteiger partial charge in [0.1, 0.15) is 10.7 Å². The highest BCUT2D eigenvalue weighted by molar-refractivity contribution is 7.80. The first kappa shape index (κ1) is 14.0. The van der Waals surface area contributed by atoms with Crippen LogP contribution in [0.1, 0.15) is 16.1 Å². The fourth-order valence-corrected chi connectivity index (χ4v) is 1.35. The molecule has 2 amide bonds. The Morgan fingerprint density at radius 3 is 2.61 bits per heavy atom. The number of pyridine rings is 1. The van der Waals surface area contributed by atoms with Crippen molar-refractivity contribution >= 4 is 29.0 Å². The molecule has 3 N–H and O–H groups in total. The zero-order valence-corrected chi connectivity index (χ0v) is 11.0. The molecule has 1 heterocycles. The maximum Gasteiger partial charge on any atom is 0.272 e. The summed E-state index contributed by atoms with van der Waals surface area (Å²) in [6.07, 6.45) is 1.43. The van der Waals surface area contributed by atoms with Crippen LogP contribution in [0.15, 0.2) is 18.3 Å². The Morgan fingerprint density at radius 2 is 2.17 bits per heavy atom. The zero-order chi connectivity index (χ0) is 13.7. The Labute approximate surface area is 110 Å². The first-order valence-corrected chi connectivity index (χ1v) is 5.58. The second kappa shape index (κ2) is 6.06. The van der Waals surface area contributed by atoms with Crippen molar-refractivity contribution in [3.63, 3.8) is 0 Å². The van der Waals surface area contributed by atoms with Crippen molar-refractivity contribution in [2.24, 2.45) is 5.73 Å². The van der Waals surface area contributed by atoms with Gasteiger partial charge in [0.05, 0.1) is 6.54 Å². The van der Waals surface area contributed by atoms with E-state index >= 15 is 0 Å².